The van der Waals surface area contributed by atoms with E-state index >= 15 is 0 Å². The molecule has 0 saturated heterocycles. The minimum Gasteiger partial charge on any atom is -0.365 e. The highest BCUT2D eigenvalue weighted by molar-refractivity contribution is 5.88. The molecule has 5 rings (SSSR count). The fraction of sp³-hybridized carbons (Fsp3) is 0.462. The fourth-order valence-electron chi connectivity index (χ4n) is 6.10. The van der Waals surface area contributed by atoms with E-state index in [4.69, 9.17) is 4.74 Å². The first kappa shape index (κ1) is 19.5. The first-order valence-corrected chi connectivity index (χ1v) is 11.2. The van der Waals surface area contributed by atoms with Gasteiger partial charge in [0.05, 0.1) is 11.8 Å². The number of nitroso groups, excluding NO2 is 1. The van der Waals surface area contributed by atoms with Gasteiger partial charge in [0.15, 0.2) is 0 Å². The van der Waals surface area contributed by atoms with Gasteiger partial charge in [0.25, 0.3) is 0 Å². The summed E-state index contributed by atoms with van der Waals surface area (Å²) in [6.07, 6.45) is 5.25. The third-order valence-electron chi connectivity index (χ3n) is 7.77. The van der Waals surface area contributed by atoms with Crippen molar-refractivity contribution in [3.63, 3.8) is 0 Å². The molecule has 1 atom stereocenters. The van der Waals surface area contributed by atoms with Crippen LogP contribution in [-0.2, 0) is 22.2 Å². The SMILES string of the molecule is CC1Cc2c([nH]c3ccc(N=O)cc23)C2(CCC(c3ccccc3)(C(C)C)CC2)O1. The molecule has 0 radical (unpaired) electrons. The van der Waals surface area contributed by atoms with Gasteiger partial charge in [0.1, 0.15) is 11.3 Å². The second-order valence-electron chi connectivity index (χ2n) is 9.60. The van der Waals surface area contributed by atoms with E-state index in [0.29, 0.717) is 11.6 Å². The number of benzene rings is 2. The monoisotopic (exact) mass is 402 g/mol. The Morgan fingerprint density at radius 3 is 2.47 bits per heavy atom. The van der Waals surface area contributed by atoms with Crippen LogP contribution in [0.1, 0.15) is 63.3 Å². The second-order valence-corrected chi connectivity index (χ2v) is 9.60. The predicted octanol–water partition coefficient (Wildman–Crippen LogP) is 6.89. The van der Waals surface area contributed by atoms with Crippen molar-refractivity contribution >= 4 is 16.6 Å². The average Bonchev–Trinajstić information content (AvgIpc) is 3.13. The molecule has 1 aliphatic carbocycles. The summed E-state index contributed by atoms with van der Waals surface area (Å²) in [5.74, 6) is 0.571. The molecule has 156 valence electrons. The van der Waals surface area contributed by atoms with Gasteiger partial charge in [0.2, 0.25) is 0 Å². The van der Waals surface area contributed by atoms with E-state index in [2.05, 4.69) is 61.3 Å². The maximum absolute atomic E-state index is 11.1. The molecule has 1 saturated carbocycles. The van der Waals surface area contributed by atoms with Gasteiger partial charge >= 0.3 is 0 Å². The number of fused-ring (bicyclic) bond motifs is 4. The Morgan fingerprint density at radius 2 is 1.80 bits per heavy atom. The van der Waals surface area contributed by atoms with Crippen LogP contribution in [0.4, 0.5) is 5.69 Å². The van der Waals surface area contributed by atoms with Crippen LogP contribution in [0.3, 0.4) is 0 Å². The maximum atomic E-state index is 11.1. The molecule has 1 spiro atoms. The number of aromatic nitrogens is 1. The molecule has 4 nitrogen and oxygen atoms in total. The average molecular weight is 403 g/mol. The summed E-state index contributed by atoms with van der Waals surface area (Å²) in [4.78, 5) is 14.8. The first-order valence-electron chi connectivity index (χ1n) is 11.2. The van der Waals surface area contributed by atoms with E-state index in [0.717, 1.165) is 43.0 Å². The highest BCUT2D eigenvalue weighted by Crippen LogP contribution is 2.55. The van der Waals surface area contributed by atoms with Gasteiger partial charge < -0.3 is 9.72 Å². The van der Waals surface area contributed by atoms with Gasteiger partial charge in [-0.05, 0) is 78.4 Å². The van der Waals surface area contributed by atoms with E-state index < -0.39 is 0 Å². The predicted molar refractivity (Wildman–Crippen MR) is 121 cm³/mol. The minimum absolute atomic E-state index is 0.160. The topological polar surface area (TPSA) is 54.5 Å². The Morgan fingerprint density at radius 1 is 1.07 bits per heavy atom. The third kappa shape index (κ3) is 2.84. The van der Waals surface area contributed by atoms with Crippen molar-refractivity contribution in [1.29, 1.82) is 0 Å². The molecule has 1 unspecified atom stereocenters. The molecule has 2 heterocycles. The van der Waals surface area contributed by atoms with Crippen molar-refractivity contribution in [3.8, 4) is 0 Å². The van der Waals surface area contributed by atoms with Crippen molar-refractivity contribution in [1.82, 2.24) is 4.98 Å². The molecule has 2 aliphatic rings. The summed E-state index contributed by atoms with van der Waals surface area (Å²) in [5.41, 5.74) is 5.48. The van der Waals surface area contributed by atoms with E-state index in [1.54, 1.807) is 6.07 Å². The van der Waals surface area contributed by atoms with E-state index in [1.165, 1.54) is 16.8 Å². The van der Waals surface area contributed by atoms with E-state index in [1.807, 2.05) is 12.1 Å². The molecule has 4 heteroatoms. The van der Waals surface area contributed by atoms with Crippen molar-refractivity contribution in [2.45, 2.75) is 70.0 Å². The summed E-state index contributed by atoms with van der Waals surface area (Å²) < 4.78 is 6.72. The van der Waals surface area contributed by atoms with Crippen LogP contribution in [0.25, 0.3) is 10.9 Å². The summed E-state index contributed by atoms with van der Waals surface area (Å²) in [7, 11) is 0. The Balaban J connectivity index is 1.56. The van der Waals surface area contributed by atoms with Crippen molar-refractivity contribution in [3.05, 3.63) is 70.3 Å². The summed E-state index contributed by atoms with van der Waals surface area (Å²) >= 11 is 0. The number of hydrogen-bond donors (Lipinski definition) is 1. The van der Waals surface area contributed by atoms with Gasteiger partial charge in [-0.2, -0.15) is 0 Å². The summed E-state index contributed by atoms with van der Waals surface area (Å²) in [6.45, 7) is 6.89. The Kier molecular flexibility index (Phi) is 4.59. The Bertz CT molecular complexity index is 1080. The van der Waals surface area contributed by atoms with E-state index in [-0.39, 0.29) is 17.1 Å². The van der Waals surface area contributed by atoms with Crippen molar-refractivity contribution < 1.29 is 4.74 Å². The normalized spacial score (nSPS) is 28.7. The summed E-state index contributed by atoms with van der Waals surface area (Å²) in [6, 6.07) is 16.7. The second kappa shape index (κ2) is 7.05. The summed E-state index contributed by atoms with van der Waals surface area (Å²) in [5, 5.41) is 4.27. The lowest BCUT2D eigenvalue weighted by atomic mass is 9.59. The molecule has 0 amide bonds. The number of H-pyrrole nitrogens is 1. The van der Waals surface area contributed by atoms with Crippen LogP contribution in [0.5, 0.6) is 0 Å². The number of nitrogens with one attached hydrogen (secondary N) is 1. The number of ether oxygens (including phenoxy) is 1. The zero-order valence-electron chi connectivity index (χ0n) is 18.1. The molecule has 1 aliphatic heterocycles. The highest BCUT2D eigenvalue weighted by Gasteiger charge is 2.50. The number of rotatable bonds is 3. The maximum Gasteiger partial charge on any atom is 0.108 e. The van der Waals surface area contributed by atoms with Gasteiger partial charge in [-0.3, -0.25) is 0 Å². The molecule has 2 aromatic carbocycles. The van der Waals surface area contributed by atoms with Gasteiger partial charge in [0, 0.05) is 17.3 Å². The van der Waals surface area contributed by atoms with Crippen molar-refractivity contribution in [2.24, 2.45) is 11.1 Å². The van der Waals surface area contributed by atoms with Crippen molar-refractivity contribution in [2.75, 3.05) is 0 Å². The molecule has 1 N–H and O–H groups in total. The lowest BCUT2D eigenvalue weighted by Crippen LogP contribution is -2.47. The zero-order chi connectivity index (χ0) is 20.9. The minimum atomic E-state index is -0.270. The molecule has 1 aromatic heterocycles. The third-order valence-corrected chi connectivity index (χ3v) is 7.77. The van der Waals surface area contributed by atoms with E-state index in [9.17, 15) is 4.91 Å². The molecule has 1 fully saturated rings. The van der Waals surface area contributed by atoms with Crippen LogP contribution in [0.2, 0.25) is 0 Å². The van der Waals surface area contributed by atoms with Crippen LogP contribution >= 0.6 is 0 Å². The largest absolute Gasteiger partial charge is 0.365 e. The lowest BCUT2D eigenvalue weighted by Gasteiger charge is -2.51. The van der Waals surface area contributed by atoms with Crippen LogP contribution in [0.15, 0.2) is 53.7 Å². The first-order chi connectivity index (χ1) is 14.5. The molecule has 0 bridgehead atoms. The molecule has 3 aromatic rings. The van der Waals surface area contributed by atoms with Crippen LogP contribution in [-0.4, -0.2) is 11.1 Å². The Labute approximate surface area is 178 Å². The zero-order valence-corrected chi connectivity index (χ0v) is 18.1. The standard InChI is InChI=1S/C26H30N2O2/c1-17(2)25(19-7-5-4-6-8-19)11-13-26(14-12-25)24-22(15-18(3)30-26)21-16-20(28-29)9-10-23(21)27-24/h4-10,16-18,27H,11-15H2,1-3H3. The smallest absolute Gasteiger partial charge is 0.108 e. The molecule has 30 heavy (non-hydrogen) atoms. The number of nitrogens with zero attached hydrogens (tertiary/aromatic N) is 1. The fourth-order valence-corrected chi connectivity index (χ4v) is 6.10. The number of hydrogen-bond acceptors (Lipinski definition) is 3. The quantitative estimate of drug-likeness (QED) is 0.485. The van der Waals surface area contributed by atoms with Crippen LogP contribution in [0, 0.1) is 10.8 Å². The highest BCUT2D eigenvalue weighted by atomic mass is 16.5. The molecular weight excluding hydrogens is 372 g/mol. The lowest BCUT2D eigenvalue weighted by molar-refractivity contribution is -0.137. The van der Waals surface area contributed by atoms with Gasteiger partial charge in [-0.25, -0.2) is 0 Å². The van der Waals surface area contributed by atoms with Gasteiger partial charge in [-0.1, -0.05) is 44.2 Å². The van der Waals surface area contributed by atoms with Gasteiger partial charge in [-0.15, -0.1) is 4.91 Å². The van der Waals surface area contributed by atoms with Crippen LogP contribution < -0.4 is 0 Å². The number of aromatic amines is 1. The molecular formula is C26H30N2O2. The Hall–Kier alpha value is -2.46.